The smallest absolute Gasteiger partial charge is 0.296 e. The van der Waals surface area contributed by atoms with Crippen LogP contribution in [0.3, 0.4) is 0 Å². The maximum atomic E-state index is 12.8. The Kier molecular flexibility index (Phi) is 7.24. The first-order chi connectivity index (χ1) is 15.6. The molecule has 0 saturated heterocycles. The van der Waals surface area contributed by atoms with Gasteiger partial charge in [-0.2, -0.15) is 0 Å². The fourth-order valence-electron chi connectivity index (χ4n) is 2.91. The van der Waals surface area contributed by atoms with Crippen LogP contribution in [-0.2, 0) is 15.6 Å². The number of sulfone groups is 1. The predicted octanol–water partition coefficient (Wildman–Crippen LogP) is 3.97. The summed E-state index contributed by atoms with van der Waals surface area (Å²) in [7, 11) is -4.00. The summed E-state index contributed by atoms with van der Waals surface area (Å²) in [6.45, 7) is 3.80. The fraction of sp³-hybridized carbons (Fsp3) is 0.190. The molecule has 0 aliphatic carbocycles. The summed E-state index contributed by atoms with van der Waals surface area (Å²) in [5, 5.41) is 13.0. The maximum Gasteiger partial charge on any atom is 0.296 e. The highest BCUT2D eigenvalue weighted by atomic mass is 35.5. The first kappa shape index (κ1) is 24.1. The third-order valence-electron chi connectivity index (χ3n) is 4.55. The van der Waals surface area contributed by atoms with Crippen molar-refractivity contribution in [3.63, 3.8) is 0 Å². The summed E-state index contributed by atoms with van der Waals surface area (Å²) in [6.07, 6.45) is 1.00. The summed E-state index contributed by atoms with van der Waals surface area (Å²) >= 11 is 6.03. The molecule has 0 bridgehead atoms. The molecular formula is C21H19ClN4O6S. The van der Waals surface area contributed by atoms with Crippen LogP contribution in [0.15, 0.2) is 53.8 Å². The van der Waals surface area contributed by atoms with Gasteiger partial charge in [0.2, 0.25) is 15.0 Å². The Morgan fingerprint density at radius 3 is 2.64 bits per heavy atom. The van der Waals surface area contributed by atoms with E-state index in [1.54, 1.807) is 38.1 Å². The number of nitro benzene ring substituents is 1. The SMILES string of the molecule is CCOc1ccc(NC(=O)c2nc(S(=O)(=O)Cc3ccccc3C)ncc2Cl)c([N+](=O)[O-])c1. The van der Waals surface area contributed by atoms with Gasteiger partial charge in [0.05, 0.1) is 34.6 Å². The molecule has 2 aromatic carbocycles. The third kappa shape index (κ3) is 5.62. The van der Waals surface area contributed by atoms with Gasteiger partial charge in [0.1, 0.15) is 11.4 Å². The van der Waals surface area contributed by atoms with Crippen molar-refractivity contribution in [3.8, 4) is 5.75 Å². The predicted molar refractivity (Wildman–Crippen MR) is 121 cm³/mol. The summed E-state index contributed by atoms with van der Waals surface area (Å²) in [4.78, 5) is 31.1. The van der Waals surface area contributed by atoms with Crippen LogP contribution >= 0.6 is 11.6 Å². The Morgan fingerprint density at radius 2 is 1.97 bits per heavy atom. The molecular weight excluding hydrogens is 472 g/mol. The number of ether oxygens (including phenoxy) is 1. The number of amides is 1. The number of hydrogen-bond donors (Lipinski definition) is 1. The highest BCUT2D eigenvalue weighted by molar-refractivity contribution is 7.90. The van der Waals surface area contributed by atoms with E-state index < -0.39 is 37.2 Å². The second-order valence-electron chi connectivity index (χ2n) is 6.86. The molecule has 12 heteroatoms. The minimum absolute atomic E-state index is 0.132. The Morgan fingerprint density at radius 1 is 1.24 bits per heavy atom. The number of rotatable bonds is 8. The largest absolute Gasteiger partial charge is 0.494 e. The quantitative estimate of drug-likeness (QED) is 0.284. The maximum absolute atomic E-state index is 12.8. The Hall–Kier alpha value is -3.57. The second-order valence-corrected chi connectivity index (χ2v) is 9.15. The van der Waals surface area contributed by atoms with Gasteiger partial charge in [0.15, 0.2) is 5.69 Å². The molecule has 3 aromatic rings. The van der Waals surface area contributed by atoms with Crippen molar-refractivity contribution in [3.05, 3.63) is 80.6 Å². The van der Waals surface area contributed by atoms with Gasteiger partial charge in [-0.3, -0.25) is 14.9 Å². The van der Waals surface area contributed by atoms with E-state index in [-0.39, 0.29) is 22.2 Å². The van der Waals surface area contributed by atoms with Crippen LogP contribution in [0.4, 0.5) is 11.4 Å². The highest BCUT2D eigenvalue weighted by Gasteiger charge is 2.25. The van der Waals surface area contributed by atoms with Gasteiger partial charge in [-0.15, -0.1) is 0 Å². The van der Waals surface area contributed by atoms with Crippen LogP contribution in [0.25, 0.3) is 0 Å². The molecule has 1 aromatic heterocycles. The van der Waals surface area contributed by atoms with E-state index in [9.17, 15) is 23.3 Å². The van der Waals surface area contributed by atoms with Gasteiger partial charge in [-0.25, -0.2) is 18.4 Å². The standard InChI is InChI=1S/C21H19ClN4O6S/c1-3-32-15-8-9-17(18(10-15)26(28)29)24-20(27)19-16(22)11-23-21(25-19)33(30,31)12-14-7-5-4-6-13(14)2/h4-11H,3,12H2,1-2H3,(H,24,27). The number of anilines is 1. The molecule has 33 heavy (non-hydrogen) atoms. The lowest BCUT2D eigenvalue weighted by atomic mass is 10.1. The number of halogens is 1. The van der Waals surface area contributed by atoms with Crippen LogP contribution < -0.4 is 10.1 Å². The minimum Gasteiger partial charge on any atom is -0.494 e. The van der Waals surface area contributed by atoms with Crippen molar-refractivity contribution in [1.29, 1.82) is 0 Å². The zero-order valence-corrected chi connectivity index (χ0v) is 19.2. The number of nitrogens with zero attached hydrogens (tertiary/aromatic N) is 3. The number of aryl methyl sites for hydroxylation is 1. The molecule has 1 heterocycles. The molecule has 0 unspecified atom stereocenters. The van der Waals surface area contributed by atoms with Gasteiger partial charge in [-0.1, -0.05) is 35.9 Å². The Bertz CT molecular complexity index is 1330. The Balaban J connectivity index is 1.92. The van der Waals surface area contributed by atoms with E-state index in [1.807, 2.05) is 0 Å². The third-order valence-corrected chi connectivity index (χ3v) is 6.27. The number of carbonyl (C=O) groups excluding carboxylic acids is 1. The highest BCUT2D eigenvalue weighted by Crippen LogP contribution is 2.30. The normalized spacial score (nSPS) is 11.1. The molecule has 0 aliphatic rings. The van der Waals surface area contributed by atoms with Crippen molar-refractivity contribution in [2.45, 2.75) is 24.8 Å². The van der Waals surface area contributed by atoms with Crippen LogP contribution in [0.5, 0.6) is 5.75 Å². The van der Waals surface area contributed by atoms with Gasteiger partial charge < -0.3 is 10.1 Å². The monoisotopic (exact) mass is 490 g/mol. The van der Waals surface area contributed by atoms with Crippen LogP contribution in [-0.4, -0.2) is 35.8 Å². The molecule has 0 radical (unpaired) electrons. The fourth-order valence-corrected chi connectivity index (χ4v) is 4.39. The summed E-state index contributed by atoms with van der Waals surface area (Å²) < 4.78 is 30.9. The molecule has 0 atom stereocenters. The van der Waals surface area contributed by atoms with Gasteiger partial charge in [0, 0.05) is 0 Å². The van der Waals surface area contributed by atoms with E-state index in [0.717, 1.165) is 11.8 Å². The van der Waals surface area contributed by atoms with Crippen molar-refractivity contribution < 1.29 is 22.9 Å². The molecule has 0 aliphatic heterocycles. The van der Waals surface area contributed by atoms with E-state index in [1.165, 1.54) is 18.2 Å². The molecule has 0 fully saturated rings. The lowest BCUT2D eigenvalue weighted by molar-refractivity contribution is -0.384. The number of nitro groups is 1. The van der Waals surface area contributed by atoms with Gasteiger partial charge >= 0.3 is 0 Å². The van der Waals surface area contributed by atoms with Gasteiger partial charge in [0.25, 0.3) is 11.6 Å². The minimum atomic E-state index is -4.00. The van der Waals surface area contributed by atoms with Crippen LogP contribution in [0, 0.1) is 17.0 Å². The molecule has 10 nitrogen and oxygen atoms in total. The first-order valence-corrected chi connectivity index (χ1v) is 11.7. The average Bonchev–Trinajstić information content (AvgIpc) is 2.76. The molecule has 172 valence electrons. The lowest BCUT2D eigenvalue weighted by Crippen LogP contribution is -2.19. The average molecular weight is 491 g/mol. The summed E-state index contributed by atoms with van der Waals surface area (Å²) in [5.74, 6) is -1.04. The van der Waals surface area contributed by atoms with E-state index in [2.05, 4.69) is 15.3 Å². The molecule has 1 N–H and O–H groups in total. The molecule has 1 amide bonds. The first-order valence-electron chi connectivity index (χ1n) is 9.64. The van der Waals surface area contributed by atoms with Crippen molar-refractivity contribution in [1.82, 2.24) is 9.97 Å². The van der Waals surface area contributed by atoms with E-state index in [4.69, 9.17) is 16.3 Å². The molecule has 0 spiro atoms. The van der Waals surface area contributed by atoms with Gasteiger partial charge in [-0.05, 0) is 37.1 Å². The van der Waals surface area contributed by atoms with E-state index >= 15 is 0 Å². The number of aromatic nitrogens is 2. The Labute approximate surface area is 194 Å². The van der Waals surface area contributed by atoms with Crippen LogP contribution in [0.1, 0.15) is 28.5 Å². The topological polar surface area (TPSA) is 141 Å². The zero-order valence-electron chi connectivity index (χ0n) is 17.6. The summed E-state index contributed by atoms with van der Waals surface area (Å²) in [5.41, 5.74) is 0.361. The van der Waals surface area contributed by atoms with Crippen molar-refractivity contribution in [2.75, 3.05) is 11.9 Å². The number of nitrogens with one attached hydrogen (secondary N) is 1. The second kappa shape index (κ2) is 9.92. The van der Waals surface area contributed by atoms with Crippen molar-refractivity contribution in [2.24, 2.45) is 0 Å². The number of carbonyl (C=O) groups is 1. The zero-order chi connectivity index (χ0) is 24.2. The molecule has 0 saturated carbocycles. The molecule has 3 rings (SSSR count). The lowest BCUT2D eigenvalue weighted by Gasteiger charge is -2.10. The van der Waals surface area contributed by atoms with E-state index in [0.29, 0.717) is 12.2 Å². The summed E-state index contributed by atoms with van der Waals surface area (Å²) in [6, 6.07) is 10.9. The van der Waals surface area contributed by atoms with Crippen molar-refractivity contribution >= 4 is 38.7 Å². The van der Waals surface area contributed by atoms with Crippen LogP contribution in [0.2, 0.25) is 5.02 Å². The number of benzene rings is 2. The number of hydrogen-bond acceptors (Lipinski definition) is 8.